The number of pyridine rings is 1. The van der Waals surface area contributed by atoms with E-state index in [1.807, 2.05) is 6.07 Å². The summed E-state index contributed by atoms with van der Waals surface area (Å²) in [6.07, 6.45) is 2.91. The van der Waals surface area contributed by atoms with E-state index in [-0.39, 0.29) is 4.90 Å². The second-order valence-corrected chi connectivity index (χ2v) is 7.66. The van der Waals surface area contributed by atoms with Crippen LogP contribution < -0.4 is 4.31 Å². The molecule has 2 aromatic rings. The molecule has 1 aliphatic rings. The van der Waals surface area contributed by atoms with Gasteiger partial charge < -0.3 is 0 Å². The minimum Gasteiger partial charge on any atom is -0.264 e. The van der Waals surface area contributed by atoms with Crippen LogP contribution in [0.5, 0.6) is 0 Å². The third-order valence-corrected chi connectivity index (χ3v) is 6.04. The molecule has 0 spiro atoms. The Kier molecular flexibility index (Phi) is 3.62. The maximum atomic E-state index is 12.7. The van der Waals surface area contributed by atoms with Gasteiger partial charge in [-0.3, -0.25) is 9.29 Å². The predicted molar refractivity (Wildman–Crippen MR) is 80.9 cm³/mol. The molecule has 1 aliphatic heterocycles. The standard InChI is InChI=1S/C13H11ClN2O2S2/c14-10-3-4-13-12(8-10)16(6-7-19-13)20(17,18)11-2-1-5-15-9-11/h1-5,8-9H,6-7H2. The zero-order valence-corrected chi connectivity index (χ0v) is 12.7. The molecule has 1 aromatic carbocycles. The fraction of sp³-hybridized carbons (Fsp3) is 0.154. The summed E-state index contributed by atoms with van der Waals surface area (Å²) in [5.74, 6) is 0.716. The van der Waals surface area contributed by atoms with E-state index in [2.05, 4.69) is 4.98 Å². The summed E-state index contributed by atoms with van der Waals surface area (Å²) in [6, 6.07) is 8.48. The minimum absolute atomic E-state index is 0.192. The van der Waals surface area contributed by atoms with Gasteiger partial charge in [0.25, 0.3) is 10.0 Å². The molecule has 1 aromatic heterocycles. The number of fused-ring (bicyclic) bond motifs is 1. The molecule has 3 rings (SSSR count). The van der Waals surface area contributed by atoms with Crippen LogP contribution in [0.15, 0.2) is 52.5 Å². The summed E-state index contributed by atoms with van der Waals surface area (Å²) in [6.45, 7) is 0.426. The van der Waals surface area contributed by atoms with Crippen LogP contribution in [-0.2, 0) is 10.0 Å². The van der Waals surface area contributed by atoms with Crippen molar-refractivity contribution < 1.29 is 8.42 Å². The van der Waals surface area contributed by atoms with Crippen LogP contribution in [0.25, 0.3) is 0 Å². The molecular formula is C13H11ClN2O2S2. The number of halogens is 1. The molecule has 20 heavy (non-hydrogen) atoms. The van der Waals surface area contributed by atoms with E-state index in [9.17, 15) is 8.42 Å². The van der Waals surface area contributed by atoms with Crippen LogP contribution in [0, 0.1) is 0 Å². The molecule has 0 unspecified atom stereocenters. The first-order valence-electron chi connectivity index (χ1n) is 5.94. The SMILES string of the molecule is O=S(=O)(c1cccnc1)N1CCSc2ccc(Cl)cc21. The molecule has 0 saturated heterocycles. The van der Waals surface area contributed by atoms with E-state index in [0.717, 1.165) is 4.90 Å². The first kappa shape index (κ1) is 13.7. The van der Waals surface area contributed by atoms with Crippen molar-refractivity contribution in [2.75, 3.05) is 16.6 Å². The first-order valence-corrected chi connectivity index (χ1v) is 8.74. The molecule has 0 bridgehead atoms. The normalized spacial score (nSPS) is 14.9. The van der Waals surface area contributed by atoms with Gasteiger partial charge in [0.2, 0.25) is 0 Å². The van der Waals surface area contributed by atoms with Gasteiger partial charge in [0.15, 0.2) is 0 Å². The quantitative estimate of drug-likeness (QED) is 0.851. The van der Waals surface area contributed by atoms with Crippen LogP contribution in [-0.4, -0.2) is 25.7 Å². The van der Waals surface area contributed by atoms with Crippen molar-refractivity contribution in [2.45, 2.75) is 9.79 Å². The Labute approximate surface area is 126 Å². The number of sulfonamides is 1. The largest absolute Gasteiger partial charge is 0.265 e. The molecule has 0 atom stereocenters. The van der Waals surface area contributed by atoms with E-state index in [1.165, 1.54) is 10.5 Å². The van der Waals surface area contributed by atoms with E-state index in [0.29, 0.717) is 23.0 Å². The first-order chi connectivity index (χ1) is 9.59. The number of benzene rings is 1. The number of anilines is 1. The van der Waals surface area contributed by atoms with Gasteiger partial charge in [0.05, 0.1) is 5.69 Å². The van der Waals surface area contributed by atoms with Crippen molar-refractivity contribution in [2.24, 2.45) is 0 Å². The van der Waals surface area contributed by atoms with Gasteiger partial charge in [-0.15, -0.1) is 11.8 Å². The molecule has 104 valence electrons. The average Bonchev–Trinajstić information content (AvgIpc) is 2.47. The lowest BCUT2D eigenvalue weighted by molar-refractivity contribution is 0.591. The maximum Gasteiger partial charge on any atom is 0.265 e. The highest BCUT2D eigenvalue weighted by Gasteiger charge is 2.29. The lowest BCUT2D eigenvalue weighted by atomic mass is 10.3. The summed E-state index contributed by atoms with van der Waals surface area (Å²) < 4.78 is 26.8. The van der Waals surface area contributed by atoms with Crippen molar-refractivity contribution in [1.29, 1.82) is 0 Å². The Balaban J connectivity index is 2.11. The molecule has 0 aliphatic carbocycles. The fourth-order valence-corrected chi connectivity index (χ4v) is 4.80. The molecule has 0 amide bonds. The van der Waals surface area contributed by atoms with Crippen molar-refractivity contribution in [3.63, 3.8) is 0 Å². The van der Waals surface area contributed by atoms with Crippen LogP contribution in [0.1, 0.15) is 0 Å². The number of hydrogen-bond donors (Lipinski definition) is 0. The zero-order valence-electron chi connectivity index (χ0n) is 10.4. The van der Waals surface area contributed by atoms with E-state index in [4.69, 9.17) is 11.6 Å². The maximum absolute atomic E-state index is 12.7. The van der Waals surface area contributed by atoms with Gasteiger partial charge in [-0.05, 0) is 30.3 Å². The van der Waals surface area contributed by atoms with Crippen LogP contribution in [0.3, 0.4) is 0 Å². The molecule has 0 N–H and O–H groups in total. The minimum atomic E-state index is -3.59. The Morgan fingerprint density at radius 2 is 2.15 bits per heavy atom. The molecule has 0 fully saturated rings. The van der Waals surface area contributed by atoms with Gasteiger partial charge in [-0.2, -0.15) is 0 Å². The van der Waals surface area contributed by atoms with Crippen LogP contribution in [0.4, 0.5) is 5.69 Å². The lowest BCUT2D eigenvalue weighted by Crippen LogP contribution is -2.35. The van der Waals surface area contributed by atoms with E-state index >= 15 is 0 Å². The number of aromatic nitrogens is 1. The molecular weight excluding hydrogens is 316 g/mol. The number of thioether (sulfide) groups is 1. The molecule has 2 heterocycles. The van der Waals surface area contributed by atoms with Crippen molar-refractivity contribution >= 4 is 39.1 Å². The van der Waals surface area contributed by atoms with E-state index < -0.39 is 10.0 Å². The van der Waals surface area contributed by atoms with Gasteiger partial charge in [-0.25, -0.2) is 8.42 Å². The van der Waals surface area contributed by atoms with Crippen molar-refractivity contribution in [3.05, 3.63) is 47.7 Å². The molecule has 4 nitrogen and oxygen atoms in total. The van der Waals surface area contributed by atoms with Gasteiger partial charge in [0.1, 0.15) is 4.90 Å². The van der Waals surface area contributed by atoms with Crippen molar-refractivity contribution in [3.8, 4) is 0 Å². The number of hydrogen-bond acceptors (Lipinski definition) is 4. The smallest absolute Gasteiger partial charge is 0.264 e. The Morgan fingerprint density at radius 1 is 1.30 bits per heavy atom. The molecule has 7 heteroatoms. The second kappa shape index (κ2) is 5.27. The summed E-state index contributed by atoms with van der Waals surface area (Å²) in [5, 5.41) is 0.526. The summed E-state index contributed by atoms with van der Waals surface area (Å²) in [5.41, 5.74) is 0.637. The number of nitrogens with zero attached hydrogens (tertiary/aromatic N) is 2. The Hall–Kier alpha value is -1.24. The number of rotatable bonds is 2. The second-order valence-electron chi connectivity index (χ2n) is 4.23. The lowest BCUT2D eigenvalue weighted by Gasteiger charge is -2.30. The van der Waals surface area contributed by atoms with Crippen LogP contribution >= 0.6 is 23.4 Å². The highest BCUT2D eigenvalue weighted by Crippen LogP contribution is 2.39. The Bertz CT molecular complexity index is 735. The predicted octanol–water partition coefficient (Wildman–Crippen LogP) is 3.04. The molecule has 0 radical (unpaired) electrons. The highest BCUT2D eigenvalue weighted by atomic mass is 35.5. The Morgan fingerprint density at radius 3 is 2.90 bits per heavy atom. The summed E-state index contributed by atoms with van der Waals surface area (Å²) in [7, 11) is -3.59. The van der Waals surface area contributed by atoms with Gasteiger partial charge >= 0.3 is 0 Å². The zero-order chi connectivity index (χ0) is 14.2. The topological polar surface area (TPSA) is 50.3 Å². The third kappa shape index (κ3) is 2.39. The van der Waals surface area contributed by atoms with E-state index in [1.54, 1.807) is 42.2 Å². The molecule has 0 saturated carbocycles. The van der Waals surface area contributed by atoms with Crippen molar-refractivity contribution in [1.82, 2.24) is 4.98 Å². The summed E-state index contributed by atoms with van der Waals surface area (Å²) >= 11 is 7.63. The fourth-order valence-electron chi connectivity index (χ4n) is 2.04. The van der Waals surface area contributed by atoms with Gasteiger partial charge in [0, 0.05) is 34.6 Å². The monoisotopic (exact) mass is 326 g/mol. The summed E-state index contributed by atoms with van der Waals surface area (Å²) in [4.78, 5) is 5.00. The highest BCUT2D eigenvalue weighted by molar-refractivity contribution is 8.00. The van der Waals surface area contributed by atoms with Gasteiger partial charge in [-0.1, -0.05) is 11.6 Å². The average molecular weight is 327 g/mol. The third-order valence-electron chi connectivity index (χ3n) is 2.96. The van der Waals surface area contributed by atoms with Crippen LogP contribution in [0.2, 0.25) is 5.02 Å².